The maximum Gasteiger partial charge on any atom is 0.329 e. The summed E-state index contributed by atoms with van der Waals surface area (Å²) in [5.74, 6) is -0.884. The lowest BCUT2D eigenvalue weighted by molar-refractivity contribution is -0.145. The molecule has 0 radical (unpaired) electrons. The minimum atomic E-state index is -0.884. The van der Waals surface area contributed by atoms with Crippen LogP contribution in [0, 0.1) is 0 Å². The second-order valence-corrected chi connectivity index (χ2v) is 5.48. The average Bonchev–Trinajstić information content (AvgIpc) is 2.46. The van der Waals surface area contributed by atoms with Gasteiger partial charge in [-0.25, -0.2) is 4.79 Å². The molecule has 4 nitrogen and oxygen atoms in total. The van der Waals surface area contributed by atoms with E-state index in [1.165, 1.54) is 5.56 Å². The second-order valence-electron chi connectivity index (χ2n) is 5.48. The van der Waals surface area contributed by atoms with Crippen molar-refractivity contribution in [2.24, 2.45) is 0 Å². The van der Waals surface area contributed by atoms with Gasteiger partial charge in [0.05, 0.1) is 6.10 Å². The predicted octanol–water partition coefficient (Wildman–Crippen LogP) is 2.18. The molecule has 0 aromatic heterocycles. The van der Waals surface area contributed by atoms with Crippen molar-refractivity contribution in [1.82, 2.24) is 4.90 Å². The molecule has 1 N–H and O–H groups in total. The molecule has 20 heavy (non-hydrogen) atoms. The Morgan fingerprint density at radius 1 is 1.35 bits per heavy atom. The van der Waals surface area contributed by atoms with E-state index in [-0.39, 0.29) is 12.7 Å². The Labute approximate surface area is 120 Å². The van der Waals surface area contributed by atoms with Gasteiger partial charge in [0.2, 0.25) is 0 Å². The molecule has 4 heteroatoms. The lowest BCUT2D eigenvalue weighted by Gasteiger charge is -2.35. The van der Waals surface area contributed by atoms with E-state index in [0.717, 1.165) is 32.4 Å². The average molecular weight is 277 g/mol. The van der Waals surface area contributed by atoms with Crippen LogP contribution in [0.25, 0.3) is 0 Å². The number of benzene rings is 1. The smallest absolute Gasteiger partial charge is 0.329 e. The number of aliphatic carboxylic acids is 1. The first-order chi connectivity index (χ1) is 9.65. The van der Waals surface area contributed by atoms with Gasteiger partial charge in [-0.05, 0) is 31.7 Å². The van der Waals surface area contributed by atoms with E-state index in [1.807, 2.05) is 6.07 Å². The number of likely N-dealkylation sites (tertiary alicyclic amines) is 1. The summed E-state index contributed by atoms with van der Waals surface area (Å²) in [6.07, 6.45) is 3.01. The molecule has 1 heterocycles. The van der Waals surface area contributed by atoms with Gasteiger partial charge < -0.3 is 14.7 Å². The lowest BCUT2D eigenvalue weighted by atomic mass is 10.0. The van der Waals surface area contributed by atoms with Crippen molar-refractivity contribution in [3.8, 4) is 0 Å². The minimum absolute atomic E-state index is 0.103. The van der Waals surface area contributed by atoms with Gasteiger partial charge in [0.25, 0.3) is 0 Å². The van der Waals surface area contributed by atoms with Gasteiger partial charge in [0.15, 0.2) is 0 Å². The number of nitrogens with zero attached hydrogens (tertiary/aromatic N) is 1. The molecule has 1 aliphatic heterocycles. The molecular weight excluding hydrogens is 254 g/mol. The summed E-state index contributed by atoms with van der Waals surface area (Å²) in [4.78, 5) is 12.9. The zero-order valence-electron chi connectivity index (χ0n) is 12.0. The van der Waals surface area contributed by atoms with Crippen molar-refractivity contribution in [3.63, 3.8) is 0 Å². The third-order valence-electron chi connectivity index (χ3n) is 3.92. The number of carbonyl (C=O) groups is 1. The zero-order valence-corrected chi connectivity index (χ0v) is 12.0. The fraction of sp³-hybridized carbons (Fsp3) is 0.562. The molecule has 1 fully saturated rings. The van der Waals surface area contributed by atoms with E-state index in [4.69, 9.17) is 9.84 Å². The van der Waals surface area contributed by atoms with Crippen molar-refractivity contribution in [2.45, 2.75) is 38.3 Å². The molecule has 1 atom stereocenters. The topological polar surface area (TPSA) is 49.8 Å². The molecule has 1 saturated heterocycles. The molecule has 0 saturated carbocycles. The first-order valence-corrected chi connectivity index (χ1v) is 7.26. The zero-order chi connectivity index (χ0) is 14.4. The molecule has 1 aromatic carbocycles. The predicted molar refractivity (Wildman–Crippen MR) is 77.8 cm³/mol. The Hall–Kier alpha value is -1.39. The Morgan fingerprint density at radius 3 is 2.60 bits per heavy atom. The number of carboxylic acids is 1. The molecule has 0 bridgehead atoms. The van der Waals surface area contributed by atoms with Crippen molar-refractivity contribution in [3.05, 3.63) is 35.9 Å². The second kappa shape index (κ2) is 7.41. The largest absolute Gasteiger partial charge is 0.480 e. The van der Waals surface area contributed by atoms with Gasteiger partial charge in [-0.3, -0.25) is 0 Å². The fourth-order valence-corrected chi connectivity index (χ4v) is 2.76. The minimum Gasteiger partial charge on any atom is -0.480 e. The third-order valence-corrected chi connectivity index (χ3v) is 3.92. The van der Waals surface area contributed by atoms with Crippen molar-refractivity contribution in [1.29, 1.82) is 0 Å². The maximum atomic E-state index is 10.5. The van der Waals surface area contributed by atoms with Gasteiger partial charge >= 0.3 is 5.97 Å². The summed E-state index contributed by atoms with van der Waals surface area (Å²) >= 11 is 0. The third kappa shape index (κ3) is 4.62. The van der Waals surface area contributed by atoms with E-state index in [2.05, 4.69) is 36.1 Å². The summed E-state index contributed by atoms with van der Waals surface area (Å²) in [6, 6.07) is 11.0. The quantitative estimate of drug-likeness (QED) is 0.866. The van der Waals surface area contributed by atoms with Crippen LogP contribution in [0.3, 0.4) is 0 Å². The normalized spacial score (nSPS) is 18.9. The summed E-state index contributed by atoms with van der Waals surface area (Å²) in [5, 5.41) is 8.61. The molecule has 1 aromatic rings. The van der Waals surface area contributed by atoms with E-state index >= 15 is 0 Å². The van der Waals surface area contributed by atoms with Crippen LogP contribution in [0.4, 0.5) is 0 Å². The molecule has 2 rings (SSSR count). The standard InChI is InChI=1S/C16H23NO3/c1-13(11-14-5-3-2-4-6-14)17-9-7-15(8-10-17)20-12-16(18)19/h2-6,13,15H,7-12H2,1H3,(H,18,19). The van der Waals surface area contributed by atoms with Crippen LogP contribution in [-0.4, -0.2) is 47.8 Å². The van der Waals surface area contributed by atoms with E-state index < -0.39 is 5.97 Å². The fourth-order valence-electron chi connectivity index (χ4n) is 2.76. The molecule has 110 valence electrons. The van der Waals surface area contributed by atoms with Crippen molar-refractivity contribution < 1.29 is 14.6 Å². The van der Waals surface area contributed by atoms with E-state index in [0.29, 0.717) is 6.04 Å². The number of ether oxygens (including phenoxy) is 1. The SMILES string of the molecule is CC(Cc1ccccc1)N1CCC(OCC(=O)O)CC1. The Bertz CT molecular complexity index is 413. The highest BCUT2D eigenvalue weighted by molar-refractivity contribution is 5.68. The van der Waals surface area contributed by atoms with Crippen LogP contribution in [-0.2, 0) is 16.0 Å². The van der Waals surface area contributed by atoms with Gasteiger partial charge in [0.1, 0.15) is 6.61 Å². The highest BCUT2D eigenvalue weighted by Gasteiger charge is 2.23. The highest BCUT2D eigenvalue weighted by atomic mass is 16.5. The van der Waals surface area contributed by atoms with Crippen molar-refractivity contribution in [2.75, 3.05) is 19.7 Å². The maximum absolute atomic E-state index is 10.5. The van der Waals surface area contributed by atoms with Crippen molar-refractivity contribution >= 4 is 5.97 Å². The number of hydrogen-bond donors (Lipinski definition) is 1. The van der Waals surface area contributed by atoms with E-state index in [9.17, 15) is 4.79 Å². The monoisotopic (exact) mass is 277 g/mol. The number of carboxylic acid groups (broad SMARTS) is 1. The Morgan fingerprint density at radius 2 is 2.00 bits per heavy atom. The summed E-state index contributed by atoms with van der Waals surface area (Å²) in [7, 11) is 0. The summed E-state index contributed by atoms with van der Waals surface area (Å²) in [5.41, 5.74) is 1.37. The number of piperidine rings is 1. The van der Waals surface area contributed by atoms with Gasteiger partial charge in [0, 0.05) is 19.1 Å². The van der Waals surface area contributed by atoms with Gasteiger partial charge in [-0.2, -0.15) is 0 Å². The highest BCUT2D eigenvalue weighted by Crippen LogP contribution is 2.18. The first kappa shape index (κ1) is 15.0. The summed E-state index contributed by atoms with van der Waals surface area (Å²) < 4.78 is 5.36. The lowest BCUT2D eigenvalue weighted by Crippen LogP contribution is -2.43. The molecule has 1 aliphatic rings. The van der Waals surface area contributed by atoms with Crippen LogP contribution >= 0.6 is 0 Å². The molecule has 0 amide bonds. The first-order valence-electron chi connectivity index (χ1n) is 7.26. The number of hydrogen-bond acceptors (Lipinski definition) is 3. The summed E-state index contributed by atoms with van der Waals surface area (Å²) in [6.45, 7) is 4.05. The van der Waals surface area contributed by atoms with Gasteiger partial charge in [-0.1, -0.05) is 30.3 Å². The van der Waals surface area contributed by atoms with Crippen LogP contribution in [0.2, 0.25) is 0 Å². The number of rotatable bonds is 6. The molecule has 0 aliphatic carbocycles. The van der Waals surface area contributed by atoms with Crippen LogP contribution in [0.5, 0.6) is 0 Å². The van der Waals surface area contributed by atoms with Crippen LogP contribution in [0.15, 0.2) is 30.3 Å². The molecule has 0 spiro atoms. The Kier molecular flexibility index (Phi) is 5.56. The molecule has 1 unspecified atom stereocenters. The van der Waals surface area contributed by atoms with Gasteiger partial charge in [-0.15, -0.1) is 0 Å². The molecular formula is C16H23NO3. The Balaban J connectivity index is 1.74. The van der Waals surface area contributed by atoms with Crippen LogP contribution in [0.1, 0.15) is 25.3 Å². The van der Waals surface area contributed by atoms with E-state index in [1.54, 1.807) is 0 Å². The van der Waals surface area contributed by atoms with Crippen LogP contribution < -0.4 is 0 Å².